The number of nitrogens with zero attached hydrogens (tertiary/aromatic N) is 1. The van der Waals surface area contributed by atoms with Crippen LogP contribution < -0.4 is 5.73 Å². The maximum Gasteiger partial charge on any atom is 0.141 e. The number of nitrogen functional groups attached to an aromatic ring is 1. The number of nitrogens with two attached hydrogens (primary N) is 1. The van der Waals surface area contributed by atoms with E-state index in [0.29, 0.717) is 5.52 Å². The van der Waals surface area contributed by atoms with Crippen molar-refractivity contribution in [2.45, 2.75) is 6.92 Å². The van der Waals surface area contributed by atoms with Crippen LogP contribution in [0.4, 0.5) is 5.69 Å². The van der Waals surface area contributed by atoms with E-state index in [2.05, 4.69) is 4.98 Å². The third-order valence-corrected chi connectivity index (χ3v) is 3.51. The van der Waals surface area contributed by atoms with Crippen molar-refractivity contribution in [3.05, 3.63) is 65.4 Å². The monoisotopic (exact) mass is 276 g/mol. The summed E-state index contributed by atoms with van der Waals surface area (Å²) in [6.07, 6.45) is 3.82. The lowest BCUT2D eigenvalue weighted by Crippen LogP contribution is -1.88. The van der Waals surface area contributed by atoms with Crippen molar-refractivity contribution >= 4 is 28.7 Å². The summed E-state index contributed by atoms with van der Waals surface area (Å²) in [5.74, 6) is 0.199. The Bertz CT molecular complexity index is 838. The molecule has 0 unspecified atom stereocenters. The van der Waals surface area contributed by atoms with Crippen molar-refractivity contribution in [2.75, 3.05) is 5.73 Å². The fourth-order valence-corrected chi connectivity index (χ4v) is 2.29. The molecule has 3 heteroatoms. The van der Waals surface area contributed by atoms with Crippen molar-refractivity contribution in [2.24, 2.45) is 0 Å². The summed E-state index contributed by atoms with van der Waals surface area (Å²) in [4.78, 5) is 4.50. The van der Waals surface area contributed by atoms with Gasteiger partial charge in [0.15, 0.2) is 0 Å². The molecule has 0 aliphatic rings. The Kier molecular flexibility index (Phi) is 3.32. The number of hydrogen-bond acceptors (Lipinski definition) is 3. The van der Waals surface area contributed by atoms with Crippen LogP contribution >= 0.6 is 0 Å². The van der Waals surface area contributed by atoms with Crippen LogP contribution in [0.25, 0.3) is 23.1 Å². The van der Waals surface area contributed by atoms with Gasteiger partial charge in [-0.25, -0.2) is 4.98 Å². The highest BCUT2D eigenvalue weighted by Crippen LogP contribution is 2.26. The van der Waals surface area contributed by atoms with E-state index < -0.39 is 0 Å². The molecule has 2 aromatic carbocycles. The number of hydrogen-bond donors (Lipinski definition) is 2. The van der Waals surface area contributed by atoms with Gasteiger partial charge in [0.25, 0.3) is 0 Å². The van der Waals surface area contributed by atoms with Gasteiger partial charge >= 0.3 is 0 Å². The van der Waals surface area contributed by atoms with Crippen LogP contribution in [0.5, 0.6) is 5.75 Å². The fraction of sp³-hybridized carbons (Fsp3) is 0.0556. The number of fused-ring (bicyclic) bond motifs is 1. The lowest BCUT2D eigenvalue weighted by atomic mass is 10.1. The Morgan fingerprint density at radius 1 is 1.00 bits per heavy atom. The third-order valence-electron chi connectivity index (χ3n) is 3.51. The van der Waals surface area contributed by atoms with E-state index in [4.69, 9.17) is 5.73 Å². The highest BCUT2D eigenvalue weighted by atomic mass is 16.3. The molecule has 0 aliphatic carbocycles. The Morgan fingerprint density at radius 2 is 1.81 bits per heavy atom. The number of para-hydroxylation sites is 1. The number of aromatic nitrogens is 1. The fourth-order valence-electron chi connectivity index (χ4n) is 2.29. The van der Waals surface area contributed by atoms with E-state index in [1.807, 2.05) is 61.5 Å². The van der Waals surface area contributed by atoms with Crippen molar-refractivity contribution in [3.63, 3.8) is 0 Å². The Labute approximate surface area is 123 Å². The molecule has 3 nitrogen and oxygen atoms in total. The predicted octanol–water partition coefficient (Wildman–Crippen LogP) is 4.00. The Morgan fingerprint density at radius 3 is 2.62 bits per heavy atom. The molecule has 3 rings (SSSR count). The highest BCUT2D eigenvalue weighted by molar-refractivity contribution is 5.88. The zero-order valence-corrected chi connectivity index (χ0v) is 11.7. The van der Waals surface area contributed by atoms with Crippen LogP contribution in [0.1, 0.15) is 16.8 Å². The van der Waals surface area contributed by atoms with Gasteiger partial charge in [-0.1, -0.05) is 36.4 Å². The maximum absolute atomic E-state index is 9.94. The zero-order chi connectivity index (χ0) is 14.8. The number of phenols is 1. The second-order valence-corrected chi connectivity index (χ2v) is 5.00. The molecule has 0 saturated carbocycles. The third kappa shape index (κ3) is 2.58. The number of phenolic OH excluding ortho intramolecular Hbond substituents is 1. The minimum atomic E-state index is 0.199. The molecule has 0 saturated heterocycles. The quantitative estimate of drug-likeness (QED) is 0.695. The zero-order valence-electron chi connectivity index (χ0n) is 11.7. The molecule has 0 bridgehead atoms. The van der Waals surface area contributed by atoms with Crippen molar-refractivity contribution in [1.29, 1.82) is 0 Å². The van der Waals surface area contributed by atoms with Crippen LogP contribution in [0.15, 0.2) is 48.5 Å². The van der Waals surface area contributed by atoms with Gasteiger partial charge in [0.05, 0.1) is 5.69 Å². The first kappa shape index (κ1) is 13.2. The summed E-state index contributed by atoms with van der Waals surface area (Å²) in [7, 11) is 0. The minimum absolute atomic E-state index is 0.199. The average molecular weight is 276 g/mol. The Balaban J connectivity index is 2.02. The summed E-state index contributed by atoms with van der Waals surface area (Å²) >= 11 is 0. The largest absolute Gasteiger partial charge is 0.506 e. The molecular formula is C18H16N2O. The van der Waals surface area contributed by atoms with Gasteiger partial charge in [0.2, 0.25) is 0 Å². The Hall–Kier alpha value is -2.81. The number of benzene rings is 2. The highest BCUT2D eigenvalue weighted by Gasteiger charge is 2.04. The topological polar surface area (TPSA) is 59.1 Å². The van der Waals surface area contributed by atoms with Crippen LogP contribution in [-0.4, -0.2) is 10.1 Å². The molecule has 104 valence electrons. The molecule has 0 aliphatic heterocycles. The summed E-state index contributed by atoms with van der Waals surface area (Å²) in [6.45, 7) is 2.00. The lowest BCUT2D eigenvalue weighted by Gasteiger charge is -2.05. The van der Waals surface area contributed by atoms with Gasteiger partial charge in [-0.05, 0) is 42.3 Å². The van der Waals surface area contributed by atoms with Crippen LogP contribution in [-0.2, 0) is 0 Å². The first-order valence-corrected chi connectivity index (χ1v) is 6.77. The van der Waals surface area contributed by atoms with Gasteiger partial charge in [0.1, 0.15) is 11.3 Å². The standard InChI is InChI=1S/C18H16N2O/c1-12-6-11-17(21)18-15(12)10-9-14(20-18)8-7-13-4-2-3-5-16(13)19/h2-11,21H,19H2,1H3/b8-7+. The number of aryl methyl sites for hydroxylation is 1. The number of rotatable bonds is 2. The molecule has 21 heavy (non-hydrogen) atoms. The van der Waals surface area contributed by atoms with Gasteiger partial charge in [-0.3, -0.25) is 0 Å². The van der Waals surface area contributed by atoms with Crippen molar-refractivity contribution in [1.82, 2.24) is 4.98 Å². The second-order valence-electron chi connectivity index (χ2n) is 5.00. The van der Waals surface area contributed by atoms with Crippen LogP contribution in [0, 0.1) is 6.92 Å². The van der Waals surface area contributed by atoms with E-state index >= 15 is 0 Å². The summed E-state index contributed by atoms with van der Waals surface area (Å²) in [5, 5.41) is 10.9. The lowest BCUT2D eigenvalue weighted by molar-refractivity contribution is 0.480. The minimum Gasteiger partial charge on any atom is -0.506 e. The number of anilines is 1. The molecule has 0 amide bonds. The number of aromatic hydroxyl groups is 1. The van der Waals surface area contributed by atoms with Gasteiger partial charge in [-0.2, -0.15) is 0 Å². The van der Waals surface area contributed by atoms with E-state index in [0.717, 1.165) is 27.9 Å². The molecule has 1 aromatic heterocycles. The smallest absolute Gasteiger partial charge is 0.141 e. The molecule has 3 N–H and O–H groups in total. The van der Waals surface area contributed by atoms with Gasteiger partial charge in [-0.15, -0.1) is 0 Å². The molecule has 1 heterocycles. The van der Waals surface area contributed by atoms with Gasteiger partial charge < -0.3 is 10.8 Å². The first-order valence-electron chi connectivity index (χ1n) is 6.77. The normalized spacial score (nSPS) is 11.3. The summed E-state index contributed by atoms with van der Waals surface area (Å²) < 4.78 is 0. The van der Waals surface area contributed by atoms with E-state index in [1.165, 1.54) is 0 Å². The SMILES string of the molecule is Cc1ccc(O)c2nc(/C=C/c3ccccc3N)ccc12. The maximum atomic E-state index is 9.94. The molecule has 0 atom stereocenters. The number of pyridine rings is 1. The van der Waals surface area contributed by atoms with Crippen molar-refractivity contribution < 1.29 is 5.11 Å². The van der Waals surface area contributed by atoms with Crippen LogP contribution in [0.3, 0.4) is 0 Å². The van der Waals surface area contributed by atoms with E-state index in [-0.39, 0.29) is 5.75 Å². The average Bonchev–Trinajstić information content (AvgIpc) is 2.50. The van der Waals surface area contributed by atoms with E-state index in [9.17, 15) is 5.11 Å². The molecule has 0 spiro atoms. The summed E-state index contributed by atoms with van der Waals surface area (Å²) in [5.41, 5.74) is 10.1. The second kappa shape index (κ2) is 5.29. The van der Waals surface area contributed by atoms with E-state index in [1.54, 1.807) is 6.07 Å². The van der Waals surface area contributed by atoms with Crippen LogP contribution in [0.2, 0.25) is 0 Å². The predicted molar refractivity (Wildman–Crippen MR) is 87.9 cm³/mol. The summed E-state index contributed by atoms with van der Waals surface area (Å²) in [6, 6.07) is 15.1. The molecular weight excluding hydrogens is 260 g/mol. The first-order chi connectivity index (χ1) is 10.1. The van der Waals surface area contributed by atoms with Gasteiger partial charge in [0, 0.05) is 11.1 Å². The molecule has 0 fully saturated rings. The molecule has 3 aromatic rings. The molecule has 0 radical (unpaired) electrons. The van der Waals surface area contributed by atoms with Crippen molar-refractivity contribution in [3.8, 4) is 5.75 Å².